The van der Waals surface area contributed by atoms with Crippen molar-refractivity contribution in [2.45, 2.75) is 32.0 Å². The van der Waals surface area contributed by atoms with Crippen LogP contribution in [0.1, 0.15) is 18.9 Å². The van der Waals surface area contributed by atoms with E-state index in [-0.39, 0.29) is 18.0 Å². The average Bonchev–Trinajstić information content (AvgIpc) is 2.84. The van der Waals surface area contributed by atoms with Gasteiger partial charge >= 0.3 is 0 Å². The fourth-order valence-corrected chi connectivity index (χ4v) is 3.23. The first-order valence-corrected chi connectivity index (χ1v) is 7.79. The number of para-hydroxylation sites is 1. The molecule has 2 aromatic carbocycles. The summed E-state index contributed by atoms with van der Waals surface area (Å²) in [5.41, 5.74) is 2.24. The Hall–Kier alpha value is -2.13. The Morgan fingerprint density at radius 2 is 1.64 bits per heavy atom. The van der Waals surface area contributed by atoms with Gasteiger partial charge in [0.25, 0.3) is 0 Å². The standard InChI is InChI=1S/C19H22N2O/c1-15-13-18(20(2)14-16-9-5-3-6-10-16)19(22)21(15)17-11-7-4-8-12-17/h3-12,15,18H,13-14H2,1-2H3. The largest absolute Gasteiger partial charge is 0.308 e. The number of hydrogen-bond acceptors (Lipinski definition) is 2. The Bertz CT molecular complexity index is 626. The zero-order chi connectivity index (χ0) is 15.5. The van der Waals surface area contributed by atoms with Gasteiger partial charge in [-0.3, -0.25) is 9.69 Å². The molecule has 1 aliphatic heterocycles. The molecule has 1 amide bonds. The lowest BCUT2D eigenvalue weighted by Gasteiger charge is -2.24. The Morgan fingerprint density at radius 3 is 2.27 bits per heavy atom. The zero-order valence-electron chi connectivity index (χ0n) is 13.1. The summed E-state index contributed by atoms with van der Waals surface area (Å²) in [7, 11) is 2.04. The Balaban J connectivity index is 1.75. The van der Waals surface area contributed by atoms with Gasteiger partial charge in [0.2, 0.25) is 5.91 Å². The van der Waals surface area contributed by atoms with Crippen LogP contribution in [0.3, 0.4) is 0 Å². The lowest BCUT2D eigenvalue weighted by atomic mass is 10.1. The van der Waals surface area contributed by atoms with Crippen LogP contribution in [0, 0.1) is 0 Å². The molecule has 0 bridgehead atoms. The van der Waals surface area contributed by atoms with Crippen molar-refractivity contribution in [1.29, 1.82) is 0 Å². The fourth-order valence-electron chi connectivity index (χ4n) is 3.23. The molecule has 0 N–H and O–H groups in total. The number of carbonyl (C=O) groups excluding carboxylic acids is 1. The second-order valence-electron chi connectivity index (χ2n) is 6.05. The van der Waals surface area contributed by atoms with Gasteiger partial charge in [-0.05, 0) is 38.1 Å². The lowest BCUT2D eigenvalue weighted by Crippen LogP contribution is -2.39. The molecule has 1 fully saturated rings. The van der Waals surface area contributed by atoms with Crippen LogP contribution in [0.15, 0.2) is 60.7 Å². The van der Waals surface area contributed by atoms with Gasteiger partial charge in [0.1, 0.15) is 0 Å². The van der Waals surface area contributed by atoms with E-state index in [1.54, 1.807) is 0 Å². The summed E-state index contributed by atoms with van der Waals surface area (Å²) >= 11 is 0. The Kier molecular flexibility index (Phi) is 4.25. The summed E-state index contributed by atoms with van der Waals surface area (Å²) in [6.07, 6.45) is 0.872. The molecule has 3 heteroatoms. The monoisotopic (exact) mass is 294 g/mol. The molecule has 0 saturated carbocycles. The van der Waals surface area contributed by atoms with E-state index in [9.17, 15) is 4.79 Å². The predicted octanol–water partition coefficient (Wildman–Crippen LogP) is 3.31. The number of anilines is 1. The summed E-state index contributed by atoms with van der Waals surface area (Å²) < 4.78 is 0. The molecule has 0 aliphatic carbocycles. The zero-order valence-corrected chi connectivity index (χ0v) is 13.1. The molecule has 0 radical (unpaired) electrons. The van der Waals surface area contributed by atoms with Gasteiger partial charge in [0, 0.05) is 18.3 Å². The van der Waals surface area contributed by atoms with E-state index in [2.05, 4.69) is 24.0 Å². The van der Waals surface area contributed by atoms with Crippen LogP contribution >= 0.6 is 0 Å². The van der Waals surface area contributed by atoms with E-state index in [1.165, 1.54) is 5.56 Å². The van der Waals surface area contributed by atoms with E-state index in [1.807, 2.05) is 60.5 Å². The molecule has 22 heavy (non-hydrogen) atoms. The minimum absolute atomic E-state index is 0.0459. The number of rotatable bonds is 4. The molecular weight excluding hydrogens is 272 g/mol. The molecule has 2 aromatic rings. The first-order chi connectivity index (χ1) is 10.7. The van der Waals surface area contributed by atoms with Crippen LogP contribution < -0.4 is 4.90 Å². The smallest absolute Gasteiger partial charge is 0.244 e. The summed E-state index contributed by atoms with van der Waals surface area (Å²) in [6.45, 7) is 2.92. The third-order valence-electron chi connectivity index (χ3n) is 4.37. The molecule has 1 heterocycles. The highest BCUT2D eigenvalue weighted by atomic mass is 16.2. The Morgan fingerprint density at radius 1 is 1.05 bits per heavy atom. The summed E-state index contributed by atoms with van der Waals surface area (Å²) in [4.78, 5) is 16.9. The van der Waals surface area contributed by atoms with E-state index in [0.29, 0.717) is 0 Å². The number of amides is 1. The third kappa shape index (κ3) is 2.90. The van der Waals surface area contributed by atoms with Crippen molar-refractivity contribution in [3.8, 4) is 0 Å². The van der Waals surface area contributed by atoms with Crippen molar-refractivity contribution in [2.75, 3.05) is 11.9 Å². The van der Waals surface area contributed by atoms with Gasteiger partial charge in [-0.2, -0.15) is 0 Å². The predicted molar refractivity (Wildman–Crippen MR) is 89.7 cm³/mol. The van der Waals surface area contributed by atoms with Crippen molar-refractivity contribution >= 4 is 11.6 Å². The quantitative estimate of drug-likeness (QED) is 0.863. The minimum Gasteiger partial charge on any atom is -0.308 e. The summed E-state index contributed by atoms with van der Waals surface area (Å²) in [5, 5.41) is 0. The second-order valence-corrected chi connectivity index (χ2v) is 6.05. The first kappa shape index (κ1) is 14.8. The van der Waals surface area contributed by atoms with Gasteiger partial charge in [0.05, 0.1) is 6.04 Å². The van der Waals surface area contributed by atoms with E-state index in [4.69, 9.17) is 0 Å². The number of hydrogen-bond donors (Lipinski definition) is 0. The van der Waals surface area contributed by atoms with Crippen molar-refractivity contribution in [2.24, 2.45) is 0 Å². The molecule has 114 valence electrons. The maximum Gasteiger partial charge on any atom is 0.244 e. The molecule has 0 aromatic heterocycles. The van der Waals surface area contributed by atoms with Gasteiger partial charge in [0.15, 0.2) is 0 Å². The van der Waals surface area contributed by atoms with Crippen molar-refractivity contribution in [1.82, 2.24) is 4.90 Å². The van der Waals surface area contributed by atoms with Crippen LogP contribution in [0.2, 0.25) is 0 Å². The topological polar surface area (TPSA) is 23.6 Å². The van der Waals surface area contributed by atoms with Crippen LogP contribution in [-0.2, 0) is 11.3 Å². The molecule has 3 rings (SSSR count). The summed E-state index contributed by atoms with van der Waals surface area (Å²) in [5.74, 6) is 0.206. The van der Waals surface area contributed by atoms with Crippen LogP contribution in [0.25, 0.3) is 0 Å². The van der Waals surface area contributed by atoms with Gasteiger partial charge in [-0.1, -0.05) is 48.5 Å². The SMILES string of the molecule is CC1CC(N(C)Cc2ccccc2)C(=O)N1c1ccccc1. The number of likely N-dealkylation sites (N-methyl/N-ethyl adjacent to an activating group) is 1. The van der Waals surface area contributed by atoms with Gasteiger partial charge in [-0.15, -0.1) is 0 Å². The highest BCUT2D eigenvalue weighted by Crippen LogP contribution is 2.29. The first-order valence-electron chi connectivity index (χ1n) is 7.79. The van der Waals surface area contributed by atoms with Crippen molar-refractivity contribution < 1.29 is 4.79 Å². The van der Waals surface area contributed by atoms with Crippen LogP contribution in [0.5, 0.6) is 0 Å². The van der Waals surface area contributed by atoms with Gasteiger partial charge in [-0.25, -0.2) is 0 Å². The van der Waals surface area contributed by atoms with Crippen LogP contribution in [0.4, 0.5) is 5.69 Å². The van der Waals surface area contributed by atoms with Gasteiger partial charge < -0.3 is 4.90 Å². The second kappa shape index (κ2) is 6.32. The van der Waals surface area contributed by atoms with E-state index in [0.717, 1.165) is 18.7 Å². The molecule has 2 atom stereocenters. The highest BCUT2D eigenvalue weighted by Gasteiger charge is 2.39. The Labute approximate surface area is 132 Å². The molecule has 0 spiro atoms. The lowest BCUT2D eigenvalue weighted by molar-refractivity contribution is -0.121. The average molecular weight is 294 g/mol. The fraction of sp³-hybridized carbons (Fsp3) is 0.316. The van der Waals surface area contributed by atoms with Crippen molar-refractivity contribution in [3.05, 3.63) is 66.2 Å². The maximum absolute atomic E-state index is 12.8. The van der Waals surface area contributed by atoms with E-state index >= 15 is 0 Å². The number of carbonyl (C=O) groups is 1. The molecule has 2 unspecified atom stereocenters. The molecule has 1 aliphatic rings. The molecular formula is C19H22N2O. The highest BCUT2D eigenvalue weighted by molar-refractivity contribution is 6.00. The minimum atomic E-state index is -0.0459. The normalized spacial score (nSPS) is 21.6. The summed E-state index contributed by atoms with van der Waals surface area (Å²) in [6, 6.07) is 20.5. The maximum atomic E-state index is 12.8. The third-order valence-corrected chi connectivity index (χ3v) is 4.37. The van der Waals surface area contributed by atoms with Crippen LogP contribution in [-0.4, -0.2) is 29.9 Å². The van der Waals surface area contributed by atoms with Crippen molar-refractivity contribution in [3.63, 3.8) is 0 Å². The molecule has 1 saturated heterocycles. The molecule has 3 nitrogen and oxygen atoms in total. The number of nitrogens with zero attached hydrogens (tertiary/aromatic N) is 2. The van der Waals surface area contributed by atoms with E-state index < -0.39 is 0 Å². The number of benzene rings is 2.